The number of hydrogen-bond acceptors (Lipinski definition) is 4. The molecule has 2 rings (SSSR count). The molecule has 0 spiro atoms. The van der Waals surface area contributed by atoms with Gasteiger partial charge in [0.25, 0.3) is 10.0 Å². The van der Waals surface area contributed by atoms with E-state index in [4.69, 9.17) is 10.2 Å². The molecule has 1 aromatic rings. The van der Waals surface area contributed by atoms with Crippen LogP contribution >= 0.6 is 28.3 Å². The smallest absolute Gasteiger partial charge is 0.274 e. The van der Waals surface area contributed by atoms with Crippen molar-refractivity contribution in [3.8, 4) is 0 Å². The molecule has 2 unspecified atom stereocenters. The summed E-state index contributed by atoms with van der Waals surface area (Å²) in [7, 11) is -3.54. The van der Waals surface area contributed by atoms with Crippen LogP contribution in [0.4, 0.5) is 0 Å². The highest BCUT2D eigenvalue weighted by Gasteiger charge is 2.38. The quantitative estimate of drug-likeness (QED) is 0.865. The Morgan fingerprint density at radius 2 is 2.13 bits per heavy atom. The maximum absolute atomic E-state index is 11.6. The van der Waals surface area contributed by atoms with Gasteiger partial charge in [-0.1, -0.05) is 0 Å². The lowest BCUT2D eigenvalue weighted by molar-refractivity contribution is 0.428. The van der Waals surface area contributed by atoms with E-state index in [1.165, 1.54) is 12.1 Å². The number of hydrogen-bond donors (Lipinski definition) is 2. The molecular formula is C7H10BrClN2O3S. The van der Waals surface area contributed by atoms with E-state index in [2.05, 4.69) is 20.7 Å². The molecule has 8 heteroatoms. The van der Waals surface area contributed by atoms with Gasteiger partial charge in [-0.2, -0.15) is 0 Å². The predicted molar refractivity (Wildman–Crippen MR) is 60.4 cm³/mol. The molecule has 15 heavy (non-hydrogen) atoms. The van der Waals surface area contributed by atoms with E-state index >= 15 is 0 Å². The molecule has 0 bridgehead atoms. The Bertz CT molecular complexity index is 447. The standard InChI is InChI=1S/C7H9BrN2O3S.ClH/c8-6-1-2-7(13-6)14(11,12)10-5-3-4(5)9;/h1-2,4-5,10H,3,9H2;1H. The zero-order chi connectivity index (χ0) is 10.3. The number of nitrogens with one attached hydrogen (secondary N) is 1. The van der Waals surface area contributed by atoms with Gasteiger partial charge >= 0.3 is 0 Å². The van der Waals surface area contributed by atoms with E-state index in [0.717, 1.165) is 0 Å². The fourth-order valence-electron chi connectivity index (χ4n) is 1.05. The van der Waals surface area contributed by atoms with Gasteiger partial charge in [-0.05, 0) is 34.5 Å². The number of sulfonamides is 1. The molecule has 1 fully saturated rings. The molecular weight excluding hydrogens is 308 g/mol. The lowest BCUT2D eigenvalue weighted by Crippen LogP contribution is -2.29. The third-order valence-corrected chi connectivity index (χ3v) is 3.75. The summed E-state index contributed by atoms with van der Waals surface area (Å²) in [5.41, 5.74) is 5.49. The molecule has 1 saturated carbocycles. The number of nitrogens with two attached hydrogens (primary N) is 1. The Hall–Kier alpha value is -0.0800. The molecule has 1 aromatic heterocycles. The number of rotatable bonds is 3. The maximum Gasteiger partial charge on any atom is 0.274 e. The highest BCUT2D eigenvalue weighted by molar-refractivity contribution is 9.10. The van der Waals surface area contributed by atoms with Crippen LogP contribution in [0, 0.1) is 0 Å². The summed E-state index contributed by atoms with van der Waals surface area (Å²) in [4.78, 5) is 0. The summed E-state index contributed by atoms with van der Waals surface area (Å²) in [5, 5.41) is -0.0940. The zero-order valence-corrected chi connectivity index (χ0v) is 10.7. The first-order chi connectivity index (χ1) is 6.49. The molecule has 1 aliphatic rings. The van der Waals surface area contributed by atoms with Crippen molar-refractivity contribution in [2.75, 3.05) is 0 Å². The minimum Gasteiger partial charge on any atom is -0.437 e. The third kappa shape index (κ3) is 2.94. The van der Waals surface area contributed by atoms with Gasteiger partial charge in [0.2, 0.25) is 5.09 Å². The molecule has 2 atom stereocenters. The van der Waals surface area contributed by atoms with Gasteiger partial charge in [0.15, 0.2) is 4.67 Å². The van der Waals surface area contributed by atoms with Crippen molar-refractivity contribution in [3.05, 3.63) is 16.8 Å². The van der Waals surface area contributed by atoms with E-state index in [1.54, 1.807) is 0 Å². The normalized spacial score (nSPS) is 24.7. The van der Waals surface area contributed by atoms with Crippen LogP contribution in [-0.2, 0) is 10.0 Å². The topological polar surface area (TPSA) is 85.3 Å². The lowest BCUT2D eigenvalue weighted by Gasteiger charge is -2.01. The van der Waals surface area contributed by atoms with Crippen LogP contribution < -0.4 is 10.5 Å². The average molecular weight is 318 g/mol. The van der Waals surface area contributed by atoms with E-state index in [-0.39, 0.29) is 29.6 Å². The van der Waals surface area contributed by atoms with Crippen LogP contribution in [0.3, 0.4) is 0 Å². The van der Waals surface area contributed by atoms with E-state index in [0.29, 0.717) is 11.1 Å². The first-order valence-electron chi connectivity index (χ1n) is 4.02. The van der Waals surface area contributed by atoms with E-state index in [1.807, 2.05) is 0 Å². The SMILES string of the molecule is Cl.NC1CC1NS(=O)(=O)c1ccc(Br)o1. The molecule has 0 radical (unpaired) electrons. The summed E-state index contributed by atoms with van der Waals surface area (Å²) in [6, 6.07) is 2.70. The summed E-state index contributed by atoms with van der Waals surface area (Å²) in [5.74, 6) is 0. The van der Waals surface area contributed by atoms with E-state index in [9.17, 15) is 8.42 Å². The van der Waals surface area contributed by atoms with Crippen molar-refractivity contribution in [1.29, 1.82) is 0 Å². The summed E-state index contributed by atoms with van der Waals surface area (Å²) >= 11 is 3.03. The van der Waals surface area contributed by atoms with Crippen LogP contribution in [0.2, 0.25) is 0 Å². The molecule has 3 N–H and O–H groups in total. The first kappa shape index (κ1) is 13.0. The lowest BCUT2D eigenvalue weighted by atomic mass is 10.7. The summed E-state index contributed by atoms with van der Waals surface area (Å²) in [6.45, 7) is 0. The summed E-state index contributed by atoms with van der Waals surface area (Å²) < 4.78 is 30.9. The molecule has 1 heterocycles. The molecule has 1 aliphatic carbocycles. The number of furan rings is 1. The van der Waals surface area contributed by atoms with Gasteiger partial charge in [-0.15, -0.1) is 12.4 Å². The second-order valence-corrected chi connectivity index (χ2v) is 5.61. The summed E-state index contributed by atoms with van der Waals surface area (Å²) in [6.07, 6.45) is 0.682. The molecule has 0 amide bonds. The Morgan fingerprint density at radius 3 is 2.53 bits per heavy atom. The van der Waals surface area contributed by atoms with E-state index < -0.39 is 10.0 Å². The highest BCUT2D eigenvalue weighted by Crippen LogP contribution is 2.23. The van der Waals surface area contributed by atoms with Crippen LogP contribution in [0.1, 0.15) is 6.42 Å². The Kier molecular flexibility index (Phi) is 3.83. The molecule has 0 aromatic carbocycles. The fourth-order valence-corrected chi connectivity index (χ4v) is 2.70. The minimum absolute atomic E-state index is 0. The first-order valence-corrected chi connectivity index (χ1v) is 6.30. The van der Waals surface area contributed by atoms with Crippen LogP contribution in [-0.4, -0.2) is 20.5 Å². The minimum atomic E-state index is -3.54. The van der Waals surface area contributed by atoms with Gasteiger partial charge in [-0.3, -0.25) is 0 Å². The second-order valence-electron chi connectivity index (χ2n) is 3.19. The predicted octanol–water partition coefficient (Wildman–Crippen LogP) is 0.842. The van der Waals surface area contributed by atoms with Crippen LogP contribution in [0.15, 0.2) is 26.3 Å². The van der Waals surface area contributed by atoms with Crippen LogP contribution in [0.5, 0.6) is 0 Å². The monoisotopic (exact) mass is 316 g/mol. The average Bonchev–Trinajstić information content (AvgIpc) is 2.61. The Labute approximate surface area is 102 Å². The molecule has 0 aliphatic heterocycles. The van der Waals surface area contributed by atoms with Gasteiger partial charge in [0, 0.05) is 12.1 Å². The zero-order valence-electron chi connectivity index (χ0n) is 7.51. The number of halogens is 2. The second kappa shape index (κ2) is 4.42. The van der Waals surface area contributed by atoms with Gasteiger partial charge in [0.1, 0.15) is 0 Å². The Balaban J connectivity index is 0.00000112. The molecule has 0 saturated heterocycles. The largest absolute Gasteiger partial charge is 0.437 e. The van der Waals surface area contributed by atoms with Crippen molar-refractivity contribution in [2.45, 2.75) is 23.6 Å². The van der Waals surface area contributed by atoms with Gasteiger partial charge in [-0.25, -0.2) is 13.1 Å². The molecule has 5 nitrogen and oxygen atoms in total. The van der Waals surface area contributed by atoms with Crippen molar-refractivity contribution < 1.29 is 12.8 Å². The van der Waals surface area contributed by atoms with Gasteiger partial charge in [0.05, 0.1) is 0 Å². The fraction of sp³-hybridized carbons (Fsp3) is 0.429. The van der Waals surface area contributed by atoms with Gasteiger partial charge < -0.3 is 10.2 Å². The molecule has 86 valence electrons. The maximum atomic E-state index is 11.6. The van der Waals surface area contributed by atoms with Crippen molar-refractivity contribution in [2.24, 2.45) is 5.73 Å². The third-order valence-electron chi connectivity index (χ3n) is 1.96. The highest BCUT2D eigenvalue weighted by atomic mass is 79.9. The Morgan fingerprint density at radius 1 is 1.53 bits per heavy atom. The van der Waals surface area contributed by atoms with Crippen molar-refractivity contribution >= 4 is 38.4 Å². The van der Waals surface area contributed by atoms with Crippen molar-refractivity contribution in [3.63, 3.8) is 0 Å². The van der Waals surface area contributed by atoms with Crippen LogP contribution in [0.25, 0.3) is 0 Å². The van der Waals surface area contributed by atoms with Crippen molar-refractivity contribution in [1.82, 2.24) is 4.72 Å².